The average molecular weight is 276 g/mol. The van der Waals surface area contributed by atoms with E-state index in [1.54, 1.807) is 13.0 Å². The van der Waals surface area contributed by atoms with E-state index in [0.717, 1.165) is 36.5 Å². The van der Waals surface area contributed by atoms with E-state index in [1.807, 2.05) is 23.9 Å². The van der Waals surface area contributed by atoms with Gasteiger partial charge in [-0.15, -0.1) is 0 Å². The number of aliphatic hydroxyl groups excluding tert-OH is 1. The van der Waals surface area contributed by atoms with Crippen molar-refractivity contribution < 1.29 is 5.11 Å². The predicted molar refractivity (Wildman–Crippen MR) is 80.5 cm³/mol. The molecule has 2 atom stereocenters. The lowest BCUT2D eigenvalue weighted by Crippen LogP contribution is -2.38. The van der Waals surface area contributed by atoms with E-state index in [0.29, 0.717) is 10.8 Å². The average Bonchev–Trinajstić information content (AvgIpc) is 2.46. The van der Waals surface area contributed by atoms with Gasteiger partial charge in [0.1, 0.15) is 0 Å². The smallest absolute Gasteiger partial charge is 0.0992 e. The number of hydrogen-bond donors (Lipinski definition) is 1. The zero-order chi connectivity index (χ0) is 13.8. The summed E-state index contributed by atoms with van der Waals surface area (Å²) in [5.41, 5.74) is 2.60. The third kappa shape index (κ3) is 3.23. The standard InChI is InChI=1S/C15H20N2OS/c1-3-13-10-17(6-7-19-13)15-8-12(9-16)4-5-14(15)11(2)18/h4-5,8,11,13,18H,3,6-7,10H2,1-2H3. The number of benzene rings is 1. The van der Waals surface area contributed by atoms with Crippen molar-refractivity contribution in [2.45, 2.75) is 31.6 Å². The normalized spacial score (nSPS) is 20.9. The lowest BCUT2D eigenvalue weighted by molar-refractivity contribution is 0.199. The van der Waals surface area contributed by atoms with Crippen LogP contribution < -0.4 is 4.90 Å². The molecule has 2 rings (SSSR count). The highest BCUT2D eigenvalue weighted by Gasteiger charge is 2.22. The molecular weight excluding hydrogens is 256 g/mol. The van der Waals surface area contributed by atoms with Crippen LogP contribution in [0.2, 0.25) is 0 Å². The third-order valence-electron chi connectivity index (χ3n) is 3.54. The molecule has 0 bridgehead atoms. The van der Waals surface area contributed by atoms with E-state index in [2.05, 4.69) is 17.9 Å². The summed E-state index contributed by atoms with van der Waals surface area (Å²) in [5.74, 6) is 1.11. The Morgan fingerprint density at radius 2 is 2.37 bits per heavy atom. The first-order chi connectivity index (χ1) is 9.15. The summed E-state index contributed by atoms with van der Waals surface area (Å²) in [7, 11) is 0. The highest BCUT2D eigenvalue weighted by Crippen LogP contribution is 2.31. The van der Waals surface area contributed by atoms with E-state index in [4.69, 9.17) is 5.26 Å². The first-order valence-corrected chi connectivity index (χ1v) is 7.79. The molecule has 1 aromatic rings. The Morgan fingerprint density at radius 3 is 3.00 bits per heavy atom. The van der Waals surface area contributed by atoms with Gasteiger partial charge in [0.25, 0.3) is 0 Å². The molecule has 1 aromatic carbocycles. The van der Waals surface area contributed by atoms with Crippen molar-refractivity contribution in [2.24, 2.45) is 0 Å². The Kier molecular flexibility index (Phi) is 4.73. The van der Waals surface area contributed by atoms with E-state index < -0.39 is 6.10 Å². The van der Waals surface area contributed by atoms with Crippen LogP contribution in [0, 0.1) is 11.3 Å². The molecule has 1 heterocycles. The Hall–Kier alpha value is -1.18. The van der Waals surface area contributed by atoms with Crippen molar-refractivity contribution in [3.05, 3.63) is 29.3 Å². The Morgan fingerprint density at radius 1 is 1.58 bits per heavy atom. The summed E-state index contributed by atoms with van der Waals surface area (Å²) in [6.45, 7) is 5.97. The number of nitrogens with zero attached hydrogens (tertiary/aromatic N) is 2. The van der Waals surface area contributed by atoms with Gasteiger partial charge in [0.2, 0.25) is 0 Å². The molecule has 1 aliphatic heterocycles. The van der Waals surface area contributed by atoms with E-state index in [-0.39, 0.29) is 0 Å². The van der Waals surface area contributed by atoms with Crippen LogP contribution in [-0.4, -0.2) is 29.2 Å². The van der Waals surface area contributed by atoms with Crippen LogP contribution in [0.5, 0.6) is 0 Å². The summed E-state index contributed by atoms with van der Waals surface area (Å²) in [4.78, 5) is 2.31. The van der Waals surface area contributed by atoms with Crippen LogP contribution in [-0.2, 0) is 0 Å². The maximum atomic E-state index is 9.91. The monoisotopic (exact) mass is 276 g/mol. The van der Waals surface area contributed by atoms with Gasteiger partial charge in [-0.1, -0.05) is 13.0 Å². The highest BCUT2D eigenvalue weighted by molar-refractivity contribution is 8.00. The molecule has 2 unspecified atom stereocenters. The van der Waals surface area contributed by atoms with Crippen LogP contribution in [0.1, 0.15) is 37.5 Å². The van der Waals surface area contributed by atoms with Gasteiger partial charge in [0.05, 0.1) is 17.7 Å². The Labute approximate surface area is 119 Å². The molecule has 4 heteroatoms. The quantitative estimate of drug-likeness (QED) is 0.922. The van der Waals surface area contributed by atoms with Crippen LogP contribution in [0.25, 0.3) is 0 Å². The molecule has 1 N–H and O–H groups in total. The summed E-state index contributed by atoms with van der Waals surface area (Å²) in [6, 6.07) is 7.75. The summed E-state index contributed by atoms with van der Waals surface area (Å²) >= 11 is 2.02. The van der Waals surface area contributed by atoms with Crippen molar-refractivity contribution in [3.63, 3.8) is 0 Å². The lowest BCUT2D eigenvalue weighted by atomic mass is 10.0. The molecule has 0 aliphatic carbocycles. The van der Waals surface area contributed by atoms with Gasteiger partial charge < -0.3 is 10.0 Å². The first-order valence-electron chi connectivity index (χ1n) is 6.74. The largest absolute Gasteiger partial charge is 0.389 e. The van der Waals surface area contributed by atoms with Crippen molar-refractivity contribution in [2.75, 3.05) is 23.7 Å². The Balaban J connectivity index is 2.33. The second kappa shape index (κ2) is 6.31. The zero-order valence-electron chi connectivity index (χ0n) is 11.5. The third-order valence-corrected chi connectivity index (χ3v) is 4.92. The van der Waals surface area contributed by atoms with Crippen molar-refractivity contribution >= 4 is 17.4 Å². The van der Waals surface area contributed by atoms with E-state index in [1.165, 1.54) is 0 Å². The molecule has 1 aliphatic rings. The molecule has 0 spiro atoms. The molecule has 0 amide bonds. The fourth-order valence-corrected chi connectivity index (χ4v) is 3.61. The summed E-state index contributed by atoms with van der Waals surface area (Å²) < 4.78 is 0. The minimum atomic E-state index is -0.502. The number of anilines is 1. The van der Waals surface area contributed by atoms with Crippen molar-refractivity contribution in [1.82, 2.24) is 0 Å². The first kappa shape index (κ1) is 14.2. The molecule has 102 valence electrons. The fraction of sp³-hybridized carbons (Fsp3) is 0.533. The summed E-state index contributed by atoms with van der Waals surface area (Å²) in [6.07, 6.45) is 0.653. The molecule has 0 saturated carbocycles. The van der Waals surface area contributed by atoms with Crippen molar-refractivity contribution in [3.8, 4) is 6.07 Å². The molecule has 19 heavy (non-hydrogen) atoms. The zero-order valence-corrected chi connectivity index (χ0v) is 12.3. The van der Waals surface area contributed by atoms with Crippen molar-refractivity contribution in [1.29, 1.82) is 5.26 Å². The van der Waals surface area contributed by atoms with Gasteiger partial charge in [0.15, 0.2) is 0 Å². The van der Waals surface area contributed by atoms with E-state index >= 15 is 0 Å². The second-order valence-corrected chi connectivity index (χ2v) is 6.32. The predicted octanol–water partition coefficient (Wildman–Crippen LogP) is 2.94. The maximum absolute atomic E-state index is 9.91. The van der Waals surface area contributed by atoms with Gasteiger partial charge in [-0.05, 0) is 25.5 Å². The van der Waals surface area contributed by atoms with Gasteiger partial charge in [-0.3, -0.25) is 0 Å². The minimum Gasteiger partial charge on any atom is -0.389 e. The van der Waals surface area contributed by atoms with E-state index in [9.17, 15) is 5.11 Å². The van der Waals surface area contributed by atoms with Crippen LogP contribution in [0.15, 0.2) is 18.2 Å². The highest BCUT2D eigenvalue weighted by atomic mass is 32.2. The van der Waals surface area contributed by atoms with Crippen LogP contribution in [0.4, 0.5) is 5.69 Å². The SMILES string of the molecule is CCC1CN(c2cc(C#N)ccc2C(C)O)CCS1. The number of nitriles is 1. The minimum absolute atomic E-state index is 0.502. The number of thioether (sulfide) groups is 1. The number of hydrogen-bond acceptors (Lipinski definition) is 4. The topological polar surface area (TPSA) is 47.3 Å². The molecule has 0 aromatic heterocycles. The number of aliphatic hydroxyl groups is 1. The van der Waals surface area contributed by atoms with Crippen LogP contribution >= 0.6 is 11.8 Å². The summed E-state index contributed by atoms with van der Waals surface area (Å²) in [5, 5.41) is 19.6. The molecule has 0 radical (unpaired) electrons. The molecule has 1 fully saturated rings. The van der Waals surface area contributed by atoms with Gasteiger partial charge >= 0.3 is 0 Å². The van der Waals surface area contributed by atoms with Gasteiger partial charge in [0, 0.05) is 35.3 Å². The van der Waals surface area contributed by atoms with Gasteiger partial charge in [-0.25, -0.2) is 0 Å². The molecule has 3 nitrogen and oxygen atoms in total. The second-order valence-electron chi connectivity index (χ2n) is 4.91. The lowest BCUT2D eigenvalue weighted by Gasteiger charge is -2.35. The molecular formula is C15H20N2OS. The fourth-order valence-electron chi connectivity index (χ4n) is 2.43. The maximum Gasteiger partial charge on any atom is 0.0992 e. The van der Waals surface area contributed by atoms with Crippen LogP contribution in [0.3, 0.4) is 0 Å². The Bertz CT molecular complexity index is 482. The molecule has 1 saturated heterocycles. The number of rotatable bonds is 3. The van der Waals surface area contributed by atoms with Gasteiger partial charge in [-0.2, -0.15) is 17.0 Å².